The van der Waals surface area contributed by atoms with E-state index < -0.39 is 17.9 Å². The number of amides is 2. The first-order valence-corrected chi connectivity index (χ1v) is 8.95. The van der Waals surface area contributed by atoms with Gasteiger partial charge in [0.25, 0.3) is 11.8 Å². The number of hydrazine groups is 1. The molecule has 3 rings (SSSR count). The average Bonchev–Trinajstić information content (AvgIpc) is 3.05. The molecule has 0 saturated heterocycles. The molecule has 0 unspecified atom stereocenters. The van der Waals surface area contributed by atoms with Crippen molar-refractivity contribution in [3.63, 3.8) is 0 Å². The fraction of sp³-hybridized carbons (Fsp3) is 0.316. The van der Waals surface area contributed by atoms with Crippen molar-refractivity contribution in [2.45, 2.75) is 32.2 Å². The van der Waals surface area contributed by atoms with Gasteiger partial charge in [0.15, 0.2) is 0 Å². The van der Waals surface area contributed by atoms with E-state index in [0.29, 0.717) is 18.7 Å². The number of carbonyl (C=O) groups is 2. The quantitative estimate of drug-likeness (QED) is 0.329. The molecule has 0 aliphatic heterocycles. The maximum absolute atomic E-state index is 12.4. The van der Waals surface area contributed by atoms with Crippen LogP contribution in [-0.2, 0) is 4.79 Å². The highest BCUT2D eigenvalue weighted by Gasteiger charge is 2.17. The van der Waals surface area contributed by atoms with Crippen LogP contribution in [0.25, 0.3) is 21.8 Å². The first-order valence-electron chi connectivity index (χ1n) is 8.95. The standard InChI is InChI=1S/C19H24N6O2/c1-11-17-13(12-6-2-3-8-15(12)23-17)10-16(22-11)19(27)25-24-18(26)14(21)7-4-5-9-20/h2-3,6,8,10,14,23H,4-5,7,9,20-21H2,1H3,(H,24,26)(H,25,27)/t14-/m0/s1. The second kappa shape index (κ2) is 8.15. The molecule has 27 heavy (non-hydrogen) atoms. The lowest BCUT2D eigenvalue weighted by atomic mass is 10.1. The van der Waals surface area contributed by atoms with E-state index in [9.17, 15) is 9.59 Å². The summed E-state index contributed by atoms with van der Waals surface area (Å²) in [6.07, 6.45) is 2.08. The Morgan fingerprint density at radius 1 is 1.19 bits per heavy atom. The number of carbonyl (C=O) groups excluding carboxylic acids is 2. The molecule has 0 fully saturated rings. The highest BCUT2D eigenvalue weighted by atomic mass is 16.2. The monoisotopic (exact) mass is 368 g/mol. The summed E-state index contributed by atoms with van der Waals surface area (Å²) in [5, 5.41) is 1.92. The Hall–Kier alpha value is -2.97. The van der Waals surface area contributed by atoms with Crippen LogP contribution in [0.1, 0.15) is 35.4 Å². The van der Waals surface area contributed by atoms with Crippen LogP contribution in [-0.4, -0.2) is 34.4 Å². The van der Waals surface area contributed by atoms with Crippen LogP contribution in [0.4, 0.5) is 0 Å². The van der Waals surface area contributed by atoms with E-state index in [1.54, 1.807) is 6.07 Å². The topological polar surface area (TPSA) is 139 Å². The fourth-order valence-electron chi connectivity index (χ4n) is 3.04. The SMILES string of the molecule is Cc1nc(C(=O)NNC(=O)[C@@H](N)CCCCN)cc2c1[nH]c1ccccc12. The van der Waals surface area contributed by atoms with Gasteiger partial charge in [0.1, 0.15) is 5.69 Å². The molecule has 3 aromatic rings. The molecule has 2 amide bonds. The van der Waals surface area contributed by atoms with E-state index in [-0.39, 0.29) is 5.69 Å². The number of para-hydroxylation sites is 1. The Morgan fingerprint density at radius 2 is 1.96 bits per heavy atom. The van der Waals surface area contributed by atoms with Gasteiger partial charge in [-0.05, 0) is 38.4 Å². The number of hydrogen-bond acceptors (Lipinski definition) is 5. The largest absolute Gasteiger partial charge is 0.353 e. The van der Waals surface area contributed by atoms with Gasteiger partial charge in [0.2, 0.25) is 0 Å². The average molecular weight is 368 g/mol. The number of H-pyrrole nitrogens is 1. The zero-order valence-electron chi connectivity index (χ0n) is 15.2. The first-order chi connectivity index (χ1) is 13.0. The predicted octanol–water partition coefficient (Wildman–Crippen LogP) is 1.24. The number of fused-ring (bicyclic) bond motifs is 3. The molecule has 142 valence electrons. The third-order valence-corrected chi connectivity index (χ3v) is 4.52. The lowest BCUT2D eigenvalue weighted by molar-refractivity contribution is -0.123. The molecular formula is C19H24N6O2. The lowest BCUT2D eigenvalue weighted by Crippen LogP contribution is -2.49. The molecule has 0 radical (unpaired) electrons. The van der Waals surface area contributed by atoms with Crippen molar-refractivity contribution in [1.82, 2.24) is 20.8 Å². The van der Waals surface area contributed by atoms with Crippen molar-refractivity contribution in [1.29, 1.82) is 0 Å². The maximum Gasteiger partial charge on any atom is 0.288 e. The Balaban J connectivity index is 1.72. The molecular weight excluding hydrogens is 344 g/mol. The second-order valence-corrected chi connectivity index (χ2v) is 6.52. The molecule has 2 heterocycles. The summed E-state index contributed by atoms with van der Waals surface area (Å²) in [6, 6.07) is 8.86. The number of benzene rings is 1. The number of hydrogen-bond donors (Lipinski definition) is 5. The van der Waals surface area contributed by atoms with Gasteiger partial charge >= 0.3 is 0 Å². The third kappa shape index (κ3) is 4.07. The number of unbranched alkanes of at least 4 members (excludes halogenated alkanes) is 1. The number of rotatable bonds is 6. The van der Waals surface area contributed by atoms with Crippen LogP contribution in [0.2, 0.25) is 0 Å². The van der Waals surface area contributed by atoms with E-state index in [0.717, 1.165) is 34.6 Å². The van der Waals surface area contributed by atoms with E-state index in [1.807, 2.05) is 31.2 Å². The molecule has 0 bridgehead atoms. The summed E-state index contributed by atoms with van der Waals surface area (Å²) in [4.78, 5) is 32.1. The summed E-state index contributed by atoms with van der Waals surface area (Å²) in [5.74, 6) is -0.932. The van der Waals surface area contributed by atoms with Crippen LogP contribution in [0.3, 0.4) is 0 Å². The van der Waals surface area contributed by atoms with Crippen LogP contribution in [0.5, 0.6) is 0 Å². The van der Waals surface area contributed by atoms with Crippen molar-refractivity contribution in [2.75, 3.05) is 6.54 Å². The van der Waals surface area contributed by atoms with E-state index in [2.05, 4.69) is 20.8 Å². The highest BCUT2D eigenvalue weighted by molar-refractivity contribution is 6.10. The van der Waals surface area contributed by atoms with Crippen LogP contribution in [0.15, 0.2) is 30.3 Å². The predicted molar refractivity (Wildman–Crippen MR) is 105 cm³/mol. The number of aromatic amines is 1. The van der Waals surface area contributed by atoms with E-state index in [1.165, 1.54) is 0 Å². The molecule has 8 nitrogen and oxygen atoms in total. The number of aromatic nitrogens is 2. The summed E-state index contributed by atoms with van der Waals surface area (Å²) < 4.78 is 0. The minimum Gasteiger partial charge on any atom is -0.353 e. The van der Waals surface area contributed by atoms with Gasteiger partial charge < -0.3 is 16.5 Å². The third-order valence-electron chi connectivity index (χ3n) is 4.52. The zero-order valence-corrected chi connectivity index (χ0v) is 15.2. The molecule has 0 aliphatic rings. The first kappa shape index (κ1) is 18.8. The normalized spacial score (nSPS) is 12.3. The Bertz CT molecular complexity index is 981. The number of nitrogens with two attached hydrogens (primary N) is 2. The number of nitrogens with zero attached hydrogens (tertiary/aromatic N) is 1. The number of pyridine rings is 1. The van der Waals surface area contributed by atoms with Crippen molar-refractivity contribution in [2.24, 2.45) is 11.5 Å². The van der Waals surface area contributed by atoms with Gasteiger partial charge in [0, 0.05) is 16.3 Å². The van der Waals surface area contributed by atoms with Crippen molar-refractivity contribution in [3.05, 3.63) is 41.7 Å². The Labute approximate surface area is 156 Å². The maximum atomic E-state index is 12.4. The molecule has 1 aromatic carbocycles. The van der Waals surface area contributed by atoms with Gasteiger partial charge in [-0.1, -0.05) is 24.6 Å². The molecule has 1 atom stereocenters. The summed E-state index contributed by atoms with van der Waals surface area (Å²) in [7, 11) is 0. The number of aryl methyl sites for hydroxylation is 1. The van der Waals surface area contributed by atoms with Crippen molar-refractivity contribution >= 4 is 33.6 Å². The molecule has 0 saturated carbocycles. The zero-order chi connectivity index (χ0) is 19.4. The molecule has 7 N–H and O–H groups in total. The minimum absolute atomic E-state index is 0.224. The van der Waals surface area contributed by atoms with Crippen molar-refractivity contribution < 1.29 is 9.59 Å². The smallest absolute Gasteiger partial charge is 0.288 e. The molecule has 8 heteroatoms. The summed E-state index contributed by atoms with van der Waals surface area (Å²) in [5.41, 5.74) is 18.8. The van der Waals surface area contributed by atoms with Crippen LogP contribution >= 0.6 is 0 Å². The van der Waals surface area contributed by atoms with E-state index >= 15 is 0 Å². The van der Waals surface area contributed by atoms with Gasteiger partial charge in [-0.3, -0.25) is 20.4 Å². The summed E-state index contributed by atoms with van der Waals surface area (Å²) >= 11 is 0. The summed E-state index contributed by atoms with van der Waals surface area (Å²) in [6.45, 7) is 2.40. The van der Waals surface area contributed by atoms with Crippen molar-refractivity contribution in [3.8, 4) is 0 Å². The second-order valence-electron chi connectivity index (χ2n) is 6.52. The Kier molecular flexibility index (Phi) is 5.68. The molecule has 0 aliphatic carbocycles. The van der Waals surface area contributed by atoms with Gasteiger partial charge in [-0.2, -0.15) is 0 Å². The van der Waals surface area contributed by atoms with Crippen LogP contribution in [0, 0.1) is 6.92 Å². The molecule has 2 aromatic heterocycles. The van der Waals surface area contributed by atoms with Gasteiger partial charge in [-0.25, -0.2) is 4.98 Å². The Morgan fingerprint density at radius 3 is 2.74 bits per heavy atom. The minimum atomic E-state index is -0.692. The van der Waals surface area contributed by atoms with Gasteiger partial charge in [0.05, 0.1) is 17.3 Å². The number of nitrogens with one attached hydrogen (secondary N) is 3. The molecule has 0 spiro atoms. The highest BCUT2D eigenvalue weighted by Crippen LogP contribution is 2.27. The van der Waals surface area contributed by atoms with Crippen LogP contribution < -0.4 is 22.3 Å². The van der Waals surface area contributed by atoms with E-state index in [4.69, 9.17) is 11.5 Å². The fourth-order valence-corrected chi connectivity index (χ4v) is 3.04. The van der Waals surface area contributed by atoms with Gasteiger partial charge in [-0.15, -0.1) is 0 Å². The lowest BCUT2D eigenvalue weighted by Gasteiger charge is -2.12.